The van der Waals surface area contributed by atoms with Crippen LogP contribution < -0.4 is 0 Å². The summed E-state index contributed by atoms with van der Waals surface area (Å²) in [4.78, 5) is 0. The fourth-order valence-corrected chi connectivity index (χ4v) is 1.82. The standard InChI is InChI=1S/C14H20/c1-5-8-13(11(2)3)14-10-7-6-9-12(14)4/h6-7,9-10H,5,8H2,1-4H3. The first-order valence-electron chi connectivity index (χ1n) is 5.39. The highest BCUT2D eigenvalue weighted by Crippen LogP contribution is 2.26. The van der Waals surface area contributed by atoms with Crippen molar-refractivity contribution in [2.45, 2.75) is 40.5 Å². The maximum Gasteiger partial charge on any atom is -0.0196 e. The average molecular weight is 188 g/mol. The van der Waals surface area contributed by atoms with E-state index >= 15 is 0 Å². The summed E-state index contributed by atoms with van der Waals surface area (Å²) >= 11 is 0. The molecule has 0 saturated carbocycles. The quantitative estimate of drug-likeness (QED) is 0.651. The van der Waals surface area contributed by atoms with Crippen LogP contribution in [0.3, 0.4) is 0 Å². The molecule has 1 rings (SSSR count). The number of rotatable bonds is 3. The zero-order valence-electron chi connectivity index (χ0n) is 9.72. The molecule has 0 spiro atoms. The van der Waals surface area contributed by atoms with Crippen molar-refractivity contribution >= 4 is 5.57 Å². The molecule has 14 heavy (non-hydrogen) atoms. The Morgan fingerprint density at radius 3 is 2.29 bits per heavy atom. The highest BCUT2D eigenvalue weighted by atomic mass is 14.1. The van der Waals surface area contributed by atoms with E-state index in [1.807, 2.05) is 0 Å². The lowest BCUT2D eigenvalue weighted by atomic mass is 9.94. The molecule has 0 heteroatoms. The molecule has 0 N–H and O–H groups in total. The highest BCUT2D eigenvalue weighted by molar-refractivity contribution is 5.70. The lowest BCUT2D eigenvalue weighted by Gasteiger charge is -2.11. The molecule has 0 aliphatic heterocycles. The van der Waals surface area contributed by atoms with Gasteiger partial charge in [-0.2, -0.15) is 0 Å². The van der Waals surface area contributed by atoms with Crippen molar-refractivity contribution in [2.24, 2.45) is 0 Å². The predicted octanol–water partition coefficient (Wildman–Crippen LogP) is 4.59. The van der Waals surface area contributed by atoms with Gasteiger partial charge in [0.15, 0.2) is 0 Å². The van der Waals surface area contributed by atoms with Gasteiger partial charge in [0.1, 0.15) is 0 Å². The van der Waals surface area contributed by atoms with E-state index in [0.29, 0.717) is 0 Å². The van der Waals surface area contributed by atoms with Crippen LogP contribution in [0.4, 0.5) is 0 Å². The minimum Gasteiger partial charge on any atom is -0.0726 e. The topological polar surface area (TPSA) is 0 Å². The van der Waals surface area contributed by atoms with Crippen molar-refractivity contribution in [1.29, 1.82) is 0 Å². The van der Waals surface area contributed by atoms with E-state index in [9.17, 15) is 0 Å². The number of hydrogen-bond donors (Lipinski definition) is 0. The lowest BCUT2D eigenvalue weighted by molar-refractivity contribution is 0.963. The minimum atomic E-state index is 1.19. The zero-order valence-corrected chi connectivity index (χ0v) is 9.72. The summed E-state index contributed by atoms with van der Waals surface area (Å²) in [6, 6.07) is 8.65. The Labute approximate surface area is 87.7 Å². The molecule has 0 aliphatic rings. The van der Waals surface area contributed by atoms with Gasteiger partial charge in [0.25, 0.3) is 0 Å². The summed E-state index contributed by atoms with van der Waals surface area (Å²) < 4.78 is 0. The Hall–Kier alpha value is -1.04. The van der Waals surface area contributed by atoms with E-state index < -0.39 is 0 Å². The van der Waals surface area contributed by atoms with E-state index in [1.165, 1.54) is 35.1 Å². The Balaban J connectivity index is 3.13. The molecule has 0 aromatic heterocycles. The second kappa shape index (κ2) is 4.99. The van der Waals surface area contributed by atoms with Gasteiger partial charge in [0.05, 0.1) is 0 Å². The van der Waals surface area contributed by atoms with Gasteiger partial charge in [-0.25, -0.2) is 0 Å². The molecule has 0 amide bonds. The molecule has 0 unspecified atom stereocenters. The van der Waals surface area contributed by atoms with Crippen LogP contribution in [0.2, 0.25) is 0 Å². The summed E-state index contributed by atoms with van der Waals surface area (Å²) in [6.07, 6.45) is 2.40. The Bertz CT molecular complexity index is 328. The molecule has 0 aliphatic carbocycles. The second-order valence-corrected chi connectivity index (χ2v) is 4.04. The SMILES string of the molecule is CCCC(=C(C)C)c1ccccc1C. The number of benzene rings is 1. The van der Waals surface area contributed by atoms with E-state index in [4.69, 9.17) is 0 Å². The molecule has 1 aromatic rings. The van der Waals surface area contributed by atoms with Gasteiger partial charge in [-0.05, 0) is 43.9 Å². The Kier molecular flexibility index (Phi) is 3.94. The van der Waals surface area contributed by atoms with E-state index in [2.05, 4.69) is 52.0 Å². The molecule has 0 bridgehead atoms. The van der Waals surface area contributed by atoms with Crippen molar-refractivity contribution in [1.82, 2.24) is 0 Å². The first-order valence-corrected chi connectivity index (χ1v) is 5.39. The minimum absolute atomic E-state index is 1.19. The summed E-state index contributed by atoms with van der Waals surface area (Å²) in [6.45, 7) is 8.84. The summed E-state index contributed by atoms with van der Waals surface area (Å²) in [5, 5.41) is 0. The van der Waals surface area contributed by atoms with Crippen LogP contribution in [0.1, 0.15) is 44.7 Å². The normalized spacial score (nSPS) is 10.0. The first kappa shape index (κ1) is 11.0. The van der Waals surface area contributed by atoms with Crippen molar-refractivity contribution in [3.05, 3.63) is 41.0 Å². The third-order valence-corrected chi connectivity index (χ3v) is 2.57. The van der Waals surface area contributed by atoms with E-state index in [0.717, 1.165) is 0 Å². The van der Waals surface area contributed by atoms with Crippen molar-refractivity contribution < 1.29 is 0 Å². The summed E-state index contributed by atoms with van der Waals surface area (Å²) in [7, 11) is 0. The predicted molar refractivity (Wildman–Crippen MR) is 64.4 cm³/mol. The largest absolute Gasteiger partial charge is 0.0726 e. The third kappa shape index (κ3) is 2.47. The van der Waals surface area contributed by atoms with Crippen LogP contribution in [0.15, 0.2) is 29.8 Å². The van der Waals surface area contributed by atoms with Gasteiger partial charge < -0.3 is 0 Å². The molecule has 0 atom stereocenters. The highest BCUT2D eigenvalue weighted by Gasteiger charge is 2.04. The number of hydrogen-bond acceptors (Lipinski definition) is 0. The number of allylic oxidation sites excluding steroid dienone is 2. The maximum absolute atomic E-state index is 2.24. The fourth-order valence-electron chi connectivity index (χ4n) is 1.82. The second-order valence-electron chi connectivity index (χ2n) is 4.04. The van der Waals surface area contributed by atoms with Crippen LogP contribution >= 0.6 is 0 Å². The zero-order chi connectivity index (χ0) is 10.6. The molecule has 76 valence electrons. The van der Waals surface area contributed by atoms with Gasteiger partial charge in [-0.15, -0.1) is 0 Å². The molecule has 0 fully saturated rings. The smallest absolute Gasteiger partial charge is 0.0196 e. The van der Waals surface area contributed by atoms with E-state index in [-0.39, 0.29) is 0 Å². The van der Waals surface area contributed by atoms with Gasteiger partial charge in [-0.3, -0.25) is 0 Å². The van der Waals surface area contributed by atoms with Crippen LogP contribution in [-0.2, 0) is 0 Å². The Morgan fingerprint density at radius 1 is 1.14 bits per heavy atom. The first-order chi connectivity index (χ1) is 6.66. The molecule has 1 aromatic carbocycles. The lowest BCUT2D eigenvalue weighted by Crippen LogP contribution is -1.90. The molecule has 0 heterocycles. The molecule has 0 nitrogen and oxygen atoms in total. The van der Waals surface area contributed by atoms with E-state index in [1.54, 1.807) is 0 Å². The van der Waals surface area contributed by atoms with Gasteiger partial charge in [0.2, 0.25) is 0 Å². The van der Waals surface area contributed by atoms with Crippen molar-refractivity contribution in [3.8, 4) is 0 Å². The maximum atomic E-state index is 2.24. The van der Waals surface area contributed by atoms with Gasteiger partial charge in [-0.1, -0.05) is 43.2 Å². The molecule has 0 saturated heterocycles. The summed E-state index contributed by atoms with van der Waals surface area (Å²) in [5.74, 6) is 0. The van der Waals surface area contributed by atoms with Gasteiger partial charge in [0, 0.05) is 0 Å². The Morgan fingerprint density at radius 2 is 1.79 bits per heavy atom. The third-order valence-electron chi connectivity index (χ3n) is 2.57. The molecule has 0 radical (unpaired) electrons. The summed E-state index contributed by atoms with van der Waals surface area (Å²) in [5.41, 5.74) is 5.78. The monoisotopic (exact) mass is 188 g/mol. The van der Waals surface area contributed by atoms with Crippen LogP contribution in [-0.4, -0.2) is 0 Å². The van der Waals surface area contributed by atoms with Gasteiger partial charge >= 0.3 is 0 Å². The van der Waals surface area contributed by atoms with Crippen LogP contribution in [0.5, 0.6) is 0 Å². The molecular weight excluding hydrogens is 168 g/mol. The fraction of sp³-hybridized carbons (Fsp3) is 0.429. The van der Waals surface area contributed by atoms with Crippen LogP contribution in [0.25, 0.3) is 5.57 Å². The molecular formula is C14H20. The average Bonchev–Trinajstić information content (AvgIpc) is 2.15. The number of aryl methyl sites for hydroxylation is 1. The van der Waals surface area contributed by atoms with Crippen LogP contribution in [0, 0.1) is 6.92 Å². The van der Waals surface area contributed by atoms with Crippen molar-refractivity contribution in [3.63, 3.8) is 0 Å². The van der Waals surface area contributed by atoms with Crippen molar-refractivity contribution in [2.75, 3.05) is 0 Å².